The summed E-state index contributed by atoms with van der Waals surface area (Å²) in [6, 6.07) is 4.13. The first-order valence-corrected chi connectivity index (χ1v) is 7.08. The van der Waals surface area contributed by atoms with E-state index in [0.29, 0.717) is 6.61 Å². The fourth-order valence-corrected chi connectivity index (χ4v) is 2.91. The summed E-state index contributed by atoms with van der Waals surface area (Å²) >= 11 is 7.03. The molecule has 1 N–H and O–H groups in total. The number of benzene rings is 1. The minimum absolute atomic E-state index is 0. The number of halogens is 3. The number of hydrogen-bond donors (Lipinski definition) is 1. The topological polar surface area (TPSA) is 30.5 Å². The monoisotopic (exact) mass is 401 g/mol. The predicted octanol–water partition coefficient (Wildman–Crippen LogP) is 3.77. The molecule has 1 rings (SSSR count). The van der Waals surface area contributed by atoms with Crippen molar-refractivity contribution in [3.05, 3.63) is 26.6 Å². The molecule has 0 aromatic heterocycles. The van der Waals surface area contributed by atoms with Crippen LogP contribution >= 0.6 is 44.3 Å². The van der Waals surface area contributed by atoms with E-state index in [-0.39, 0.29) is 12.4 Å². The SMILES string of the molecule is CCOc1c(Br)cc(CNCCOC)cc1Br.Cl. The van der Waals surface area contributed by atoms with Crippen LogP contribution in [0, 0.1) is 0 Å². The molecule has 1 aromatic rings. The van der Waals surface area contributed by atoms with E-state index in [2.05, 4.69) is 49.3 Å². The van der Waals surface area contributed by atoms with Gasteiger partial charge < -0.3 is 14.8 Å². The fraction of sp³-hybridized carbons (Fsp3) is 0.500. The van der Waals surface area contributed by atoms with Crippen LogP contribution in [-0.4, -0.2) is 26.9 Å². The number of hydrogen-bond acceptors (Lipinski definition) is 3. The molecule has 0 atom stereocenters. The molecule has 6 heteroatoms. The summed E-state index contributed by atoms with van der Waals surface area (Å²) in [4.78, 5) is 0. The lowest BCUT2D eigenvalue weighted by atomic mass is 10.2. The van der Waals surface area contributed by atoms with Crippen molar-refractivity contribution in [1.29, 1.82) is 0 Å². The molecule has 0 saturated heterocycles. The predicted molar refractivity (Wildman–Crippen MR) is 83.8 cm³/mol. The number of ether oxygens (including phenoxy) is 2. The molecular weight excluding hydrogens is 385 g/mol. The minimum atomic E-state index is 0. The standard InChI is InChI=1S/C12H17Br2NO2.ClH/c1-3-17-12-10(13)6-9(7-11(12)14)8-15-4-5-16-2;/h6-7,15H,3-5,8H2,1-2H3;1H. The maximum absolute atomic E-state index is 5.53. The van der Waals surface area contributed by atoms with E-state index in [1.54, 1.807) is 7.11 Å². The molecular formula is C12H18Br2ClNO2. The van der Waals surface area contributed by atoms with Crippen LogP contribution in [-0.2, 0) is 11.3 Å². The maximum atomic E-state index is 5.53. The van der Waals surface area contributed by atoms with Gasteiger partial charge in [-0.2, -0.15) is 0 Å². The van der Waals surface area contributed by atoms with Crippen LogP contribution in [0.4, 0.5) is 0 Å². The van der Waals surface area contributed by atoms with Crippen molar-refractivity contribution in [2.45, 2.75) is 13.5 Å². The van der Waals surface area contributed by atoms with Crippen molar-refractivity contribution in [3.63, 3.8) is 0 Å². The van der Waals surface area contributed by atoms with Crippen molar-refractivity contribution >= 4 is 44.3 Å². The van der Waals surface area contributed by atoms with Gasteiger partial charge in [0.1, 0.15) is 5.75 Å². The zero-order valence-electron chi connectivity index (χ0n) is 10.5. The lowest BCUT2D eigenvalue weighted by Gasteiger charge is -2.11. The van der Waals surface area contributed by atoms with E-state index in [1.807, 2.05) is 6.92 Å². The first-order chi connectivity index (χ1) is 8.19. The minimum Gasteiger partial charge on any atom is -0.492 e. The van der Waals surface area contributed by atoms with Gasteiger partial charge in [-0.15, -0.1) is 12.4 Å². The first-order valence-electron chi connectivity index (χ1n) is 5.49. The highest BCUT2D eigenvalue weighted by Crippen LogP contribution is 2.34. The third kappa shape index (κ3) is 5.89. The van der Waals surface area contributed by atoms with Gasteiger partial charge in [-0.3, -0.25) is 0 Å². The molecule has 0 amide bonds. The third-order valence-electron chi connectivity index (χ3n) is 2.16. The zero-order valence-corrected chi connectivity index (χ0v) is 14.5. The van der Waals surface area contributed by atoms with Crippen LogP contribution in [0.1, 0.15) is 12.5 Å². The van der Waals surface area contributed by atoms with Gasteiger partial charge in [0.2, 0.25) is 0 Å². The molecule has 0 fully saturated rings. The molecule has 0 aliphatic carbocycles. The highest BCUT2D eigenvalue weighted by atomic mass is 79.9. The Hall–Kier alpha value is 0.190. The van der Waals surface area contributed by atoms with Gasteiger partial charge in [0.25, 0.3) is 0 Å². The quantitative estimate of drug-likeness (QED) is 0.703. The molecule has 0 spiro atoms. The van der Waals surface area contributed by atoms with Crippen molar-refractivity contribution in [1.82, 2.24) is 5.32 Å². The van der Waals surface area contributed by atoms with Gasteiger partial charge in [0.15, 0.2) is 0 Å². The molecule has 0 saturated carbocycles. The molecule has 0 bridgehead atoms. The smallest absolute Gasteiger partial charge is 0.147 e. The van der Waals surface area contributed by atoms with Gasteiger partial charge in [0.05, 0.1) is 22.2 Å². The van der Waals surface area contributed by atoms with E-state index in [0.717, 1.165) is 34.4 Å². The second kappa shape index (κ2) is 10.0. The summed E-state index contributed by atoms with van der Waals surface area (Å²) < 4.78 is 12.4. The second-order valence-electron chi connectivity index (χ2n) is 3.49. The van der Waals surface area contributed by atoms with E-state index < -0.39 is 0 Å². The molecule has 0 aliphatic heterocycles. The Morgan fingerprint density at radius 2 is 1.83 bits per heavy atom. The highest BCUT2D eigenvalue weighted by Gasteiger charge is 2.08. The van der Waals surface area contributed by atoms with Gasteiger partial charge >= 0.3 is 0 Å². The van der Waals surface area contributed by atoms with Gasteiger partial charge in [-0.25, -0.2) is 0 Å². The summed E-state index contributed by atoms with van der Waals surface area (Å²) in [6.45, 7) is 5.01. The Morgan fingerprint density at radius 1 is 1.22 bits per heavy atom. The Kier molecular flexibility index (Phi) is 10.1. The molecule has 0 aliphatic rings. The van der Waals surface area contributed by atoms with Crippen LogP contribution in [0.5, 0.6) is 5.75 Å². The number of nitrogens with one attached hydrogen (secondary N) is 1. The summed E-state index contributed by atoms with van der Waals surface area (Å²) in [5.74, 6) is 0.855. The van der Waals surface area contributed by atoms with Crippen LogP contribution in [0.25, 0.3) is 0 Å². The molecule has 1 aromatic carbocycles. The third-order valence-corrected chi connectivity index (χ3v) is 3.34. The highest BCUT2D eigenvalue weighted by molar-refractivity contribution is 9.11. The summed E-state index contributed by atoms with van der Waals surface area (Å²) in [5.41, 5.74) is 1.20. The first kappa shape index (κ1) is 18.2. The van der Waals surface area contributed by atoms with Crippen molar-refractivity contribution in [2.75, 3.05) is 26.9 Å². The summed E-state index contributed by atoms with van der Waals surface area (Å²) in [6.07, 6.45) is 0. The normalized spacial score (nSPS) is 10.0. The fourth-order valence-electron chi connectivity index (χ4n) is 1.40. The average Bonchev–Trinajstić information content (AvgIpc) is 2.29. The lowest BCUT2D eigenvalue weighted by molar-refractivity contribution is 0.199. The maximum Gasteiger partial charge on any atom is 0.147 e. The molecule has 104 valence electrons. The lowest BCUT2D eigenvalue weighted by Crippen LogP contribution is -2.18. The van der Waals surface area contributed by atoms with Crippen molar-refractivity contribution in [2.24, 2.45) is 0 Å². The van der Waals surface area contributed by atoms with Crippen LogP contribution < -0.4 is 10.1 Å². The van der Waals surface area contributed by atoms with Gasteiger partial charge in [0, 0.05) is 20.2 Å². The number of rotatable bonds is 7. The van der Waals surface area contributed by atoms with E-state index >= 15 is 0 Å². The Balaban J connectivity index is 0.00000289. The van der Waals surface area contributed by atoms with E-state index in [9.17, 15) is 0 Å². The largest absolute Gasteiger partial charge is 0.492 e. The average molecular weight is 404 g/mol. The molecule has 3 nitrogen and oxygen atoms in total. The van der Waals surface area contributed by atoms with Crippen LogP contribution in [0.2, 0.25) is 0 Å². The zero-order chi connectivity index (χ0) is 12.7. The molecule has 0 heterocycles. The summed E-state index contributed by atoms with van der Waals surface area (Å²) in [7, 11) is 1.70. The molecule has 0 unspecified atom stereocenters. The number of methoxy groups -OCH3 is 1. The van der Waals surface area contributed by atoms with Gasteiger partial charge in [-0.05, 0) is 56.5 Å². The van der Waals surface area contributed by atoms with Crippen molar-refractivity contribution in [3.8, 4) is 5.75 Å². The Morgan fingerprint density at radius 3 is 2.33 bits per heavy atom. The van der Waals surface area contributed by atoms with Gasteiger partial charge in [-0.1, -0.05) is 0 Å². The van der Waals surface area contributed by atoms with E-state index in [4.69, 9.17) is 9.47 Å². The molecule has 18 heavy (non-hydrogen) atoms. The molecule has 0 radical (unpaired) electrons. The second-order valence-corrected chi connectivity index (χ2v) is 5.20. The Labute approximate surface area is 131 Å². The summed E-state index contributed by atoms with van der Waals surface area (Å²) in [5, 5.41) is 3.30. The van der Waals surface area contributed by atoms with Crippen LogP contribution in [0.15, 0.2) is 21.1 Å². The van der Waals surface area contributed by atoms with Crippen molar-refractivity contribution < 1.29 is 9.47 Å². The Bertz CT molecular complexity index is 341. The van der Waals surface area contributed by atoms with E-state index in [1.165, 1.54) is 5.56 Å². The van der Waals surface area contributed by atoms with Crippen LogP contribution in [0.3, 0.4) is 0 Å².